The Bertz CT molecular complexity index is 547. The van der Waals surface area contributed by atoms with E-state index in [4.69, 9.17) is 4.74 Å². The molecule has 108 valence electrons. The minimum Gasteiger partial charge on any atom is -0.469 e. The van der Waals surface area contributed by atoms with Gasteiger partial charge in [0.25, 0.3) is 5.91 Å². The summed E-state index contributed by atoms with van der Waals surface area (Å²) in [6.07, 6.45) is 0. The van der Waals surface area contributed by atoms with Gasteiger partial charge in [0.1, 0.15) is 0 Å². The predicted octanol–water partition coefficient (Wildman–Crippen LogP) is 3.09. The van der Waals surface area contributed by atoms with E-state index in [1.54, 1.807) is 11.0 Å². The van der Waals surface area contributed by atoms with E-state index >= 15 is 0 Å². The van der Waals surface area contributed by atoms with Crippen molar-refractivity contribution in [3.8, 4) is 0 Å². The molecule has 1 saturated heterocycles. The van der Waals surface area contributed by atoms with E-state index in [2.05, 4.69) is 31.9 Å². The Hall–Kier alpha value is -0.880. The number of ether oxygens (including phenoxy) is 1. The molecule has 0 saturated carbocycles. The zero-order valence-corrected chi connectivity index (χ0v) is 14.4. The van der Waals surface area contributed by atoms with Crippen LogP contribution in [0.2, 0.25) is 0 Å². The predicted molar refractivity (Wildman–Crippen MR) is 82.4 cm³/mol. The third-order valence-electron chi connectivity index (χ3n) is 3.57. The third kappa shape index (κ3) is 3.06. The Morgan fingerprint density at radius 1 is 1.30 bits per heavy atom. The number of methoxy groups -OCH3 is 1. The number of rotatable bonds is 2. The van der Waals surface area contributed by atoms with Crippen molar-refractivity contribution in [2.75, 3.05) is 20.2 Å². The van der Waals surface area contributed by atoms with Gasteiger partial charge in [-0.05, 0) is 40.0 Å². The Balaban J connectivity index is 2.17. The Kier molecular flexibility index (Phi) is 4.86. The topological polar surface area (TPSA) is 46.6 Å². The van der Waals surface area contributed by atoms with Crippen LogP contribution in [0.5, 0.6) is 0 Å². The fraction of sp³-hybridized carbons (Fsp3) is 0.429. The quantitative estimate of drug-likeness (QED) is 0.711. The molecule has 0 aromatic heterocycles. The molecule has 1 fully saturated rings. The SMILES string of the molecule is COC(=O)C1CN(C(=O)c2ccc(Br)cc2Br)CC1C. The molecule has 20 heavy (non-hydrogen) atoms. The highest BCUT2D eigenvalue weighted by atomic mass is 79.9. The number of halogens is 2. The lowest BCUT2D eigenvalue weighted by Crippen LogP contribution is -2.30. The standard InChI is InChI=1S/C14H15Br2NO3/c1-8-6-17(7-11(8)14(19)20-2)13(18)10-4-3-9(15)5-12(10)16/h3-5,8,11H,6-7H2,1-2H3. The number of hydrogen-bond acceptors (Lipinski definition) is 3. The highest BCUT2D eigenvalue weighted by molar-refractivity contribution is 9.11. The van der Waals surface area contributed by atoms with Crippen molar-refractivity contribution < 1.29 is 14.3 Å². The minimum absolute atomic E-state index is 0.0670. The lowest BCUT2D eigenvalue weighted by molar-refractivity contribution is -0.146. The number of carbonyl (C=O) groups excluding carboxylic acids is 2. The summed E-state index contributed by atoms with van der Waals surface area (Å²) in [6, 6.07) is 5.44. The van der Waals surface area contributed by atoms with Gasteiger partial charge in [-0.2, -0.15) is 0 Å². The zero-order valence-electron chi connectivity index (χ0n) is 11.2. The van der Waals surface area contributed by atoms with Gasteiger partial charge in [0.2, 0.25) is 0 Å². The maximum atomic E-state index is 12.5. The number of benzene rings is 1. The summed E-state index contributed by atoms with van der Waals surface area (Å²) >= 11 is 6.76. The van der Waals surface area contributed by atoms with Crippen molar-refractivity contribution in [3.63, 3.8) is 0 Å². The van der Waals surface area contributed by atoms with E-state index in [9.17, 15) is 9.59 Å². The van der Waals surface area contributed by atoms with Crippen molar-refractivity contribution in [1.29, 1.82) is 0 Å². The summed E-state index contributed by atoms with van der Waals surface area (Å²) in [5.74, 6) is -0.441. The molecule has 0 radical (unpaired) electrons. The number of amides is 1. The molecule has 2 atom stereocenters. The fourth-order valence-electron chi connectivity index (χ4n) is 2.42. The summed E-state index contributed by atoms with van der Waals surface area (Å²) in [5, 5.41) is 0. The maximum absolute atomic E-state index is 12.5. The van der Waals surface area contributed by atoms with Crippen molar-refractivity contribution in [2.45, 2.75) is 6.92 Å². The van der Waals surface area contributed by atoms with Crippen LogP contribution in [0, 0.1) is 11.8 Å². The van der Waals surface area contributed by atoms with Gasteiger partial charge in [0.15, 0.2) is 0 Å². The molecule has 2 unspecified atom stereocenters. The molecule has 0 N–H and O–H groups in total. The first-order chi connectivity index (χ1) is 9.43. The van der Waals surface area contributed by atoms with Gasteiger partial charge in [-0.15, -0.1) is 0 Å². The number of nitrogens with zero attached hydrogens (tertiary/aromatic N) is 1. The molecule has 1 aromatic rings. The first kappa shape index (κ1) is 15.5. The van der Waals surface area contributed by atoms with Crippen LogP contribution in [-0.4, -0.2) is 37.0 Å². The molecule has 0 aliphatic carbocycles. The first-order valence-electron chi connectivity index (χ1n) is 6.26. The lowest BCUT2D eigenvalue weighted by atomic mass is 9.99. The summed E-state index contributed by atoms with van der Waals surface area (Å²) in [7, 11) is 1.38. The average molecular weight is 405 g/mol. The third-order valence-corrected chi connectivity index (χ3v) is 4.71. The molecule has 1 aliphatic rings. The van der Waals surface area contributed by atoms with E-state index < -0.39 is 0 Å². The summed E-state index contributed by atoms with van der Waals surface area (Å²) in [4.78, 5) is 25.9. The Morgan fingerprint density at radius 2 is 2.00 bits per heavy atom. The second-order valence-electron chi connectivity index (χ2n) is 4.94. The van der Waals surface area contributed by atoms with Gasteiger partial charge in [-0.25, -0.2) is 0 Å². The van der Waals surface area contributed by atoms with Crippen molar-refractivity contribution in [1.82, 2.24) is 4.90 Å². The van der Waals surface area contributed by atoms with Gasteiger partial charge in [-0.1, -0.05) is 22.9 Å². The molecule has 1 aliphatic heterocycles. The maximum Gasteiger partial charge on any atom is 0.310 e. The largest absolute Gasteiger partial charge is 0.469 e. The van der Waals surface area contributed by atoms with Crippen LogP contribution >= 0.6 is 31.9 Å². The summed E-state index contributed by atoms with van der Waals surface area (Å²) in [6.45, 7) is 2.95. The first-order valence-corrected chi connectivity index (χ1v) is 7.84. The summed E-state index contributed by atoms with van der Waals surface area (Å²) in [5.41, 5.74) is 0.603. The molecule has 2 rings (SSSR count). The van der Waals surface area contributed by atoms with Crippen LogP contribution in [0.3, 0.4) is 0 Å². The average Bonchev–Trinajstić information content (AvgIpc) is 2.79. The zero-order chi connectivity index (χ0) is 14.9. The molecule has 4 nitrogen and oxygen atoms in total. The van der Waals surface area contributed by atoms with E-state index in [-0.39, 0.29) is 23.7 Å². The van der Waals surface area contributed by atoms with Crippen molar-refractivity contribution >= 4 is 43.7 Å². The molecule has 1 amide bonds. The van der Waals surface area contributed by atoms with Gasteiger partial charge in [0, 0.05) is 22.0 Å². The smallest absolute Gasteiger partial charge is 0.310 e. The van der Waals surface area contributed by atoms with Crippen LogP contribution in [0.4, 0.5) is 0 Å². The highest BCUT2D eigenvalue weighted by Crippen LogP contribution is 2.28. The van der Waals surface area contributed by atoms with Gasteiger partial charge >= 0.3 is 5.97 Å². The highest BCUT2D eigenvalue weighted by Gasteiger charge is 2.38. The number of esters is 1. The number of carbonyl (C=O) groups is 2. The number of likely N-dealkylation sites (tertiary alicyclic amines) is 1. The Labute approximate surface area is 134 Å². The molecule has 0 bridgehead atoms. The van der Waals surface area contributed by atoms with Crippen molar-refractivity contribution in [3.05, 3.63) is 32.7 Å². The van der Waals surface area contributed by atoms with E-state index in [1.807, 2.05) is 19.1 Å². The van der Waals surface area contributed by atoms with Gasteiger partial charge in [-0.3, -0.25) is 9.59 Å². The van der Waals surface area contributed by atoms with E-state index in [1.165, 1.54) is 7.11 Å². The van der Waals surface area contributed by atoms with Crippen molar-refractivity contribution in [2.24, 2.45) is 11.8 Å². The summed E-state index contributed by atoms with van der Waals surface area (Å²) < 4.78 is 6.43. The van der Waals surface area contributed by atoms with Crippen LogP contribution in [-0.2, 0) is 9.53 Å². The second-order valence-corrected chi connectivity index (χ2v) is 6.71. The molecule has 6 heteroatoms. The molecular formula is C14H15Br2NO3. The Morgan fingerprint density at radius 3 is 2.60 bits per heavy atom. The van der Waals surface area contributed by atoms with Gasteiger partial charge < -0.3 is 9.64 Å². The van der Waals surface area contributed by atoms with E-state index in [0.717, 1.165) is 8.95 Å². The molecule has 1 aromatic carbocycles. The van der Waals surface area contributed by atoms with E-state index in [0.29, 0.717) is 18.7 Å². The normalized spacial score (nSPS) is 21.9. The number of hydrogen-bond donors (Lipinski definition) is 0. The van der Waals surface area contributed by atoms with Crippen LogP contribution in [0.1, 0.15) is 17.3 Å². The molecule has 1 heterocycles. The minimum atomic E-state index is -0.248. The second kappa shape index (κ2) is 6.26. The lowest BCUT2D eigenvalue weighted by Gasteiger charge is -2.17. The monoisotopic (exact) mass is 403 g/mol. The molecule has 0 spiro atoms. The van der Waals surface area contributed by atoms with Crippen LogP contribution in [0.25, 0.3) is 0 Å². The van der Waals surface area contributed by atoms with Gasteiger partial charge in [0.05, 0.1) is 18.6 Å². The fourth-order valence-corrected chi connectivity index (χ4v) is 3.64. The molecular weight excluding hydrogens is 390 g/mol. The van der Waals surface area contributed by atoms with Crippen LogP contribution < -0.4 is 0 Å². The van der Waals surface area contributed by atoms with Crippen LogP contribution in [0.15, 0.2) is 27.1 Å².